The van der Waals surface area contributed by atoms with E-state index in [-0.39, 0.29) is 12.5 Å². The van der Waals surface area contributed by atoms with E-state index in [1.165, 1.54) is 34.1 Å². The maximum Gasteiger partial charge on any atom is 0.123 e. The monoisotopic (exact) mass is 568 g/mol. The fraction of sp³-hybridized carbons (Fsp3) is 0.368. The van der Waals surface area contributed by atoms with Gasteiger partial charge in [0.05, 0.1) is 6.67 Å². The summed E-state index contributed by atoms with van der Waals surface area (Å²) in [5.74, 6) is 0.236. The van der Waals surface area contributed by atoms with Crippen molar-refractivity contribution in [3.05, 3.63) is 130 Å². The molecular formula is C38H46F2N2. The quantitative estimate of drug-likeness (QED) is 0.201. The van der Waals surface area contributed by atoms with Crippen LogP contribution in [0.5, 0.6) is 0 Å². The molecule has 0 saturated carbocycles. The van der Waals surface area contributed by atoms with Crippen molar-refractivity contribution in [3.8, 4) is 0 Å². The van der Waals surface area contributed by atoms with Gasteiger partial charge in [0.1, 0.15) is 5.82 Å². The summed E-state index contributed by atoms with van der Waals surface area (Å²) in [6.45, 7) is 16.0. The molecule has 1 aliphatic heterocycles. The minimum atomic E-state index is -0.368. The Bertz CT molecular complexity index is 1410. The van der Waals surface area contributed by atoms with Crippen LogP contribution in [-0.4, -0.2) is 31.2 Å². The molecule has 0 atom stereocenters. The number of hydrogen-bond acceptors (Lipinski definition) is 2. The fourth-order valence-corrected chi connectivity index (χ4v) is 6.23. The summed E-state index contributed by atoms with van der Waals surface area (Å²) in [7, 11) is 0. The van der Waals surface area contributed by atoms with E-state index < -0.39 is 0 Å². The molecule has 2 nitrogen and oxygen atoms in total. The van der Waals surface area contributed by atoms with Gasteiger partial charge in [0.2, 0.25) is 0 Å². The van der Waals surface area contributed by atoms with Crippen molar-refractivity contribution in [2.75, 3.05) is 31.2 Å². The van der Waals surface area contributed by atoms with Gasteiger partial charge in [-0.3, -0.25) is 9.29 Å². The van der Waals surface area contributed by atoms with Gasteiger partial charge in [-0.15, -0.1) is 0 Å². The Kier molecular flexibility index (Phi) is 11.3. The van der Waals surface area contributed by atoms with Gasteiger partial charge in [0.25, 0.3) is 0 Å². The molecule has 0 spiro atoms. The average molecular weight is 569 g/mol. The van der Waals surface area contributed by atoms with Gasteiger partial charge in [-0.1, -0.05) is 79.8 Å². The summed E-state index contributed by atoms with van der Waals surface area (Å²) in [6.07, 6.45) is 7.97. The molecule has 4 heteroatoms. The normalized spacial score (nSPS) is 15.2. The van der Waals surface area contributed by atoms with Crippen LogP contribution in [0.1, 0.15) is 67.3 Å². The van der Waals surface area contributed by atoms with Crippen LogP contribution in [0.25, 0.3) is 5.57 Å². The molecule has 4 rings (SSSR count). The van der Waals surface area contributed by atoms with Crippen molar-refractivity contribution in [2.24, 2.45) is 5.92 Å². The molecule has 42 heavy (non-hydrogen) atoms. The van der Waals surface area contributed by atoms with E-state index in [2.05, 4.69) is 91.8 Å². The zero-order valence-corrected chi connectivity index (χ0v) is 25.8. The lowest BCUT2D eigenvalue weighted by atomic mass is 9.90. The lowest BCUT2D eigenvalue weighted by Crippen LogP contribution is -2.38. The van der Waals surface area contributed by atoms with E-state index in [1.807, 2.05) is 13.0 Å². The Morgan fingerprint density at radius 3 is 2.40 bits per heavy atom. The number of likely N-dealkylation sites (tertiary alicyclic amines) is 1. The van der Waals surface area contributed by atoms with Crippen LogP contribution >= 0.6 is 0 Å². The number of alkyl halides is 1. The number of aryl methyl sites for hydroxylation is 2. The number of anilines is 1. The molecule has 3 aromatic rings. The lowest BCUT2D eigenvalue weighted by Gasteiger charge is -2.39. The van der Waals surface area contributed by atoms with E-state index in [0.29, 0.717) is 18.9 Å². The van der Waals surface area contributed by atoms with Crippen LogP contribution in [0.15, 0.2) is 96.7 Å². The molecule has 0 unspecified atom stereocenters. The second-order valence-corrected chi connectivity index (χ2v) is 11.5. The van der Waals surface area contributed by atoms with Gasteiger partial charge in [0.15, 0.2) is 0 Å². The molecule has 1 heterocycles. The first-order valence-corrected chi connectivity index (χ1v) is 15.3. The van der Waals surface area contributed by atoms with Crippen molar-refractivity contribution in [1.82, 2.24) is 4.90 Å². The standard InChI is InChI=1S/C38H46F2N2/c1-6-11-38(42(26-28(3)18-21-39)37-15-9-8-12-29(37)4)32-19-22-41(23-20-32)27-31-16-17-36(30(5)24-31)35(7-2)33-13-10-14-34(40)25-33/h7-17,24-25,32H,3,6,18-23,26-27H2,1-2,4-5H3/b35-7-,38-11+. The van der Waals surface area contributed by atoms with Crippen LogP contribution in [0, 0.1) is 25.6 Å². The SMILES string of the molecule is C=C(CCF)CN(/C(=C/CC)C1CCN(Cc2ccc(/C(=C\C)c3cccc(F)c3)c(C)c2)CC1)c1ccccc1C. The Hall–Kier alpha value is -3.50. The van der Waals surface area contributed by atoms with Gasteiger partial charge in [-0.25, -0.2) is 4.39 Å². The van der Waals surface area contributed by atoms with Crippen molar-refractivity contribution in [3.63, 3.8) is 0 Å². The van der Waals surface area contributed by atoms with Crippen molar-refractivity contribution in [1.29, 1.82) is 0 Å². The molecular weight excluding hydrogens is 522 g/mol. The van der Waals surface area contributed by atoms with Gasteiger partial charge in [0, 0.05) is 30.4 Å². The largest absolute Gasteiger partial charge is 0.341 e. The first kappa shape index (κ1) is 31.4. The van der Waals surface area contributed by atoms with Crippen LogP contribution in [0.2, 0.25) is 0 Å². The van der Waals surface area contributed by atoms with Crippen molar-refractivity contribution >= 4 is 11.3 Å². The molecule has 0 amide bonds. The molecule has 3 aromatic carbocycles. The zero-order chi connectivity index (χ0) is 30.1. The van der Waals surface area contributed by atoms with Crippen molar-refractivity contribution in [2.45, 2.75) is 59.9 Å². The van der Waals surface area contributed by atoms with E-state index in [0.717, 1.165) is 61.2 Å². The number of hydrogen-bond donors (Lipinski definition) is 0. The zero-order valence-electron chi connectivity index (χ0n) is 25.8. The molecule has 0 aliphatic carbocycles. The van der Waals surface area contributed by atoms with Gasteiger partial charge < -0.3 is 4.90 Å². The van der Waals surface area contributed by atoms with Crippen molar-refractivity contribution < 1.29 is 8.78 Å². The average Bonchev–Trinajstić information content (AvgIpc) is 2.97. The summed E-state index contributed by atoms with van der Waals surface area (Å²) >= 11 is 0. The molecule has 0 bridgehead atoms. The summed E-state index contributed by atoms with van der Waals surface area (Å²) in [5.41, 5.74) is 10.3. The van der Waals surface area contributed by atoms with Crippen LogP contribution < -0.4 is 4.90 Å². The molecule has 1 fully saturated rings. The predicted molar refractivity (Wildman–Crippen MR) is 175 cm³/mol. The predicted octanol–water partition coefficient (Wildman–Crippen LogP) is 9.82. The van der Waals surface area contributed by atoms with Crippen LogP contribution in [0.3, 0.4) is 0 Å². The number of nitrogens with zero attached hydrogens (tertiary/aromatic N) is 2. The third-order valence-corrected chi connectivity index (χ3v) is 8.38. The summed E-state index contributed by atoms with van der Waals surface area (Å²) in [5, 5.41) is 0. The molecule has 0 radical (unpaired) electrons. The van der Waals surface area contributed by atoms with Gasteiger partial charge in [-0.05, 0) is 111 Å². The number of halogens is 2. The molecule has 0 N–H and O–H groups in total. The van der Waals surface area contributed by atoms with E-state index in [9.17, 15) is 8.78 Å². The minimum absolute atomic E-state index is 0.215. The molecule has 222 valence electrons. The minimum Gasteiger partial charge on any atom is -0.341 e. The Labute approximate surface area is 252 Å². The topological polar surface area (TPSA) is 6.48 Å². The second-order valence-electron chi connectivity index (χ2n) is 11.5. The summed E-state index contributed by atoms with van der Waals surface area (Å²) < 4.78 is 27.1. The Morgan fingerprint density at radius 1 is 1.00 bits per heavy atom. The smallest absolute Gasteiger partial charge is 0.123 e. The number of piperidine rings is 1. The van der Waals surface area contributed by atoms with Crippen LogP contribution in [-0.2, 0) is 6.54 Å². The summed E-state index contributed by atoms with van der Waals surface area (Å²) in [6, 6.07) is 22.0. The van der Waals surface area contributed by atoms with E-state index in [4.69, 9.17) is 0 Å². The third-order valence-electron chi connectivity index (χ3n) is 8.38. The number of para-hydroxylation sites is 1. The highest BCUT2D eigenvalue weighted by Gasteiger charge is 2.27. The third kappa shape index (κ3) is 7.86. The number of rotatable bonds is 12. The number of benzene rings is 3. The Morgan fingerprint density at radius 2 is 1.76 bits per heavy atom. The molecule has 1 aliphatic rings. The highest BCUT2D eigenvalue weighted by Crippen LogP contribution is 2.34. The maximum atomic E-state index is 13.9. The number of allylic oxidation sites excluding steroid dienone is 3. The molecule has 1 saturated heterocycles. The highest BCUT2D eigenvalue weighted by molar-refractivity contribution is 5.81. The van der Waals surface area contributed by atoms with E-state index in [1.54, 1.807) is 12.1 Å². The Balaban J connectivity index is 1.46. The first-order valence-electron chi connectivity index (χ1n) is 15.3. The molecule has 0 aromatic heterocycles. The maximum absolute atomic E-state index is 13.9. The fourth-order valence-electron chi connectivity index (χ4n) is 6.23. The second kappa shape index (κ2) is 15.1. The summed E-state index contributed by atoms with van der Waals surface area (Å²) in [4.78, 5) is 4.95. The first-order chi connectivity index (χ1) is 20.3. The van der Waals surface area contributed by atoms with Gasteiger partial charge >= 0.3 is 0 Å². The lowest BCUT2D eigenvalue weighted by molar-refractivity contribution is 0.190. The van der Waals surface area contributed by atoms with Gasteiger partial charge in [-0.2, -0.15) is 0 Å². The van der Waals surface area contributed by atoms with E-state index >= 15 is 0 Å². The van der Waals surface area contributed by atoms with Crippen LogP contribution in [0.4, 0.5) is 14.5 Å². The highest BCUT2D eigenvalue weighted by atomic mass is 19.1.